The van der Waals surface area contributed by atoms with Crippen LogP contribution in [0, 0.1) is 27.9 Å². The zero-order valence-corrected chi connectivity index (χ0v) is 14.4. The summed E-state index contributed by atoms with van der Waals surface area (Å²) in [6.07, 6.45) is 3.74. The zero-order valence-electron chi connectivity index (χ0n) is 13.7. The largest absolute Gasteiger partial charge is 0.378 e. The van der Waals surface area contributed by atoms with Crippen molar-refractivity contribution in [3.8, 4) is 0 Å². The van der Waals surface area contributed by atoms with E-state index in [0.717, 1.165) is 21.8 Å². The van der Waals surface area contributed by atoms with E-state index in [0.29, 0.717) is 23.7 Å². The highest BCUT2D eigenvalue weighted by molar-refractivity contribution is 6.31. The minimum Gasteiger partial charge on any atom is -0.378 e. The maximum Gasteiger partial charge on any atom is 0.269 e. The maximum atomic E-state index is 11.2. The van der Waals surface area contributed by atoms with Gasteiger partial charge in [0.2, 0.25) is 0 Å². The van der Waals surface area contributed by atoms with Crippen molar-refractivity contribution in [3.63, 3.8) is 0 Å². The fourth-order valence-electron chi connectivity index (χ4n) is 5.62. The molecule has 0 unspecified atom stereocenters. The summed E-state index contributed by atoms with van der Waals surface area (Å²) in [6.45, 7) is 0. The van der Waals surface area contributed by atoms with Crippen molar-refractivity contribution in [2.75, 3.05) is 5.32 Å². The van der Waals surface area contributed by atoms with Crippen molar-refractivity contribution in [3.05, 3.63) is 68.7 Å². The molecule has 128 valence electrons. The van der Waals surface area contributed by atoms with Crippen LogP contribution in [0.5, 0.6) is 0 Å². The average Bonchev–Trinajstić information content (AvgIpc) is 3.23. The minimum atomic E-state index is -0.289. The highest BCUT2D eigenvalue weighted by Crippen LogP contribution is 2.64. The topological polar surface area (TPSA) is 55.2 Å². The van der Waals surface area contributed by atoms with E-state index in [9.17, 15) is 10.1 Å². The van der Waals surface area contributed by atoms with Gasteiger partial charge in [-0.15, -0.1) is 0 Å². The third-order valence-corrected chi connectivity index (χ3v) is 6.87. The number of nitrogens with zero attached hydrogens (tertiary/aromatic N) is 1. The molecule has 2 fully saturated rings. The monoisotopic (exact) mass is 354 g/mol. The minimum absolute atomic E-state index is 0.183. The molecule has 1 heterocycles. The van der Waals surface area contributed by atoms with Crippen molar-refractivity contribution >= 4 is 23.0 Å². The van der Waals surface area contributed by atoms with E-state index >= 15 is 0 Å². The average molecular weight is 355 g/mol. The number of hydrogen-bond donors (Lipinski definition) is 1. The van der Waals surface area contributed by atoms with Crippen molar-refractivity contribution in [1.82, 2.24) is 0 Å². The number of hydrogen-bond acceptors (Lipinski definition) is 3. The summed E-state index contributed by atoms with van der Waals surface area (Å²) >= 11 is 6.51. The van der Waals surface area contributed by atoms with Gasteiger partial charge in [0.15, 0.2) is 0 Å². The summed E-state index contributed by atoms with van der Waals surface area (Å²) in [7, 11) is 0. The third kappa shape index (κ3) is 2.20. The fourth-order valence-corrected chi connectivity index (χ4v) is 5.88. The summed E-state index contributed by atoms with van der Waals surface area (Å²) in [5.41, 5.74) is 3.51. The summed E-state index contributed by atoms with van der Waals surface area (Å²) < 4.78 is 0. The molecule has 5 rings (SSSR count). The second kappa shape index (κ2) is 5.46. The van der Waals surface area contributed by atoms with E-state index in [-0.39, 0.29) is 16.7 Å². The Hall–Kier alpha value is -2.07. The van der Waals surface area contributed by atoms with Crippen LogP contribution in [0.4, 0.5) is 11.4 Å². The Morgan fingerprint density at radius 3 is 2.68 bits per heavy atom. The lowest BCUT2D eigenvalue weighted by molar-refractivity contribution is -0.384. The van der Waals surface area contributed by atoms with Gasteiger partial charge in [0.25, 0.3) is 5.69 Å². The molecule has 5 atom stereocenters. The lowest BCUT2D eigenvalue weighted by Crippen LogP contribution is -2.35. The van der Waals surface area contributed by atoms with E-state index in [4.69, 9.17) is 11.6 Å². The molecule has 5 heteroatoms. The predicted octanol–water partition coefficient (Wildman–Crippen LogP) is 5.54. The van der Waals surface area contributed by atoms with Crippen LogP contribution in [0.15, 0.2) is 42.5 Å². The molecule has 3 aliphatic rings. The number of nitrogens with one attached hydrogen (secondary N) is 1. The van der Waals surface area contributed by atoms with Crippen LogP contribution in [-0.4, -0.2) is 4.92 Å². The van der Waals surface area contributed by atoms with Crippen LogP contribution in [0.2, 0.25) is 5.02 Å². The van der Waals surface area contributed by atoms with Gasteiger partial charge in [-0.2, -0.15) is 0 Å². The van der Waals surface area contributed by atoms with Gasteiger partial charge in [0, 0.05) is 22.8 Å². The molecule has 2 aromatic rings. The number of fused-ring (bicyclic) bond motifs is 7. The molecule has 1 N–H and O–H groups in total. The molecular formula is C20H19ClN2O2. The Morgan fingerprint density at radius 1 is 1.08 bits per heavy atom. The predicted molar refractivity (Wildman–Crippen MR) is 98.0 cm³/mol. The highest BCUT2D eigenvalue weighted by Gasteiger charge is 2.54. The summed E-state index contributed by atoms with van der Waals surface area (Å²) in [5.74, 6) is 2.18. The first-order valence-electron chi connectivity index (χ1n) is 8.93. The number of nitro benzene ring substituents is 1. The van der Waals surface area contributed by atoms with Crippen molar-refractivity contribution in [1.29, 1.82) is 0 Å². The number of anilines is 1. The van der Waals surface area contributed by atoms with E-state index in [1.807, 2.05) is 24.3 Å². The standard InChI is InChI=1S/C20H19ClN2O2/c21-16-4-2-1-3-14(16)20-19-12-6-5-11(9-12)18(19)15-10-13(23(24)25)7-8-17(15)22-20/h1-4,7-8,10-12,18-20,22H,5-6,9H2/t11-,12+,18+,19+,20+/m0/s1. The maximum absolute atomic E-state index is 11.2. The SMILES string of the molecule is O=[N+]([O-])c1ccc2c(c1)[C@H]1[C@H]3CC[C@H](C3)[C@H]1[C@@H](c1ccccc1Cl)N2. The quantitative estimate of drug-likeness (QED) is 0.568. The second-order valence-corrected chi connectivity index (χ2v) is 8.02. The Morgan fingerprint density at radius 2 is 1.88 bits per heavy atom. The summed E-state index contributed by atoms with van der Waals surface area (Å²) in [5, 5.41) is 15.7. The highest BCUT2D eigenvalue weighted by atomic mass is 35.5. The van der Waals surface area contributed by atoms with Gasteiger partial charge in [-0.1, -0.05) is 29.8 Å². The Labute approximate surface area is 151 Å². The molecule has 4 nitrogen and oxygen atoms in total. The van der Waals surface area contributed by atoms with Crippen LogP contribution < -0.4 is 5.32 Å². The lowest BCUT2D eigenvalue weighted by Gasteiger charge is -2.43. The van der Waals surface area contributed by atoms with E-state index in [1.54, 1.807) is 12.1 Å². The van der Waals surface area contributed by atoms with Gasteiger partial charge in [0.05, 0.1) is 11.0 Å². The Kier molecular flexibility index (Phi) is 3.32. The Bertz CT molecular complexity index is 869. The molecule has 2 aliphatic carbocycles. The molecule has 1 aliphatic heterocycles. The molecule has 2 saturated carbocycles. The number of halogens is 1. The van der Waals surface area contributed by atoms with Crippen LogP contribution in [-0.2, 0) is 0 Å². The van der Waals surface area contributed by atoms with Gasteiger partial charge < -0.3 is 5.32 Å². The van der Waals surface area contributed by atoms with Gasteiger partial charge in [-0.05, 0) is 66.2 Å². The van der Waals surface area contributed by atoms with Crippen LogP contribution in [0.3, 0.4) is 0 Å². The second-order valence-electron chi connectivity index (χ2n) is 7.61. The lowest BCUT2D eigenvalue weighted by atomic mass is 9.68. The third-order valence-electron chi connectivity index (χ3n) is 6.52. The molecular weight excluding hydrogens is 336 g/mol. The number of benzene rings is 2. The molecule has 2 aromatic carbocycles. The first kappa shape index (κ1) is 15.2. The van der Waals surface area contributed by atoms with E-state index < -0.39 is 0 Å². The molecule has 0 spiro atoms. The first-order chi connectivity index (χ1) is 12.1. The van der Waals surface area contributed by atoms with Crippen LogP contribution in [0.1, 0.15) is 42.3 Å². The normalized spacial score (nSPS) is 32.0. The summed E-state index contributed by atoms with van der Waals surface area (Å²) in [6, 6.07) is 13.5. The van der Waals surface area contributed by atoms with Gasteiger partial charge >= 0.3 is 0 Å². The smallest absolute Gasteiger partial charge is 0.269 e. The summed E-state index contributed by atoms with van der Waals surface area (Å²) in [4.78, 5) is 10.9. The van der Waals surface area contributed by atoms with Gasteiger partial charge in [0.1, 0.15) is 0 Å². The van der Waals surface area contributed by atoms with Crippen molar-refractivity contribution in [2.45, 2.75) is 31.2 Å². The van der Waals surface area contributed by atoms with Gasteiger partial charge in [-0.3, -0.25) is 10.1 Å². The Balaban J connectivity index is 1.65. The fraction of sp³-hybridized carbons (Fsp3) is 0.400. The van der Waals surface area contributed by atoms with Crippen LogP contribution >= 0.6 is 11.6 Å². The van der Waals surface area contributed by atoms with E-state index in [2.05, 4.69) is 11.4 Å². The molecule has 0 saturated heterocycles. The van der Waals surface area contributed by atoms with E-state index in [1.165, 1.54) is 19.3 Å². The number of non-ortho nitro benzene ring substituents is 1. The zero-order chi connectivity index (χ0) is 17.1. The number of rotatable bonds is 2. The molecule has 2 bridgehead atoms. The van der Waals surface area contributed by atoms with Crippen molar-refractivity contribution < 1.29 is 4.92 Å². The molecule has 25 heavy (non-hydrogen) atoms. The first-order valence-corrected chi connectivity index (χ1v) is 9.30. The molecule has 0 aromatic heterocycles. The van der Waals surface area contributed by atoms with Crippen molar-refractivity contribution in [2.24, 2.45) is 17.8 Å². The number of nitro groups is 1. The van der Waals surface area contributed by atoms with Crippen LogP contribution in [0.25, 0.3) is 0 Å². The molecule has 0 radical (unpaired) electrons. The molecule has 0 amide bonds. The van der Waals surface area contributed by atoms with Gasteiger partial charge in [-0.25, -0.2) is 0 Å².